The monoisotopic (exact) mass is 550 g/mol. The molecule has 0 fully saturated rings. The second-order valence-corrected chi connectivity index (χ2v) is 8.04. The minimum absolute atomic E-state index is 0.0884. The van der Waals surface area contributed by atoms with Gasteiger partial charge in [0, 0.05) is 16.9 Å². The second-order valence-electron chi connectivity index (χ2n) is 6.80. The van der Waals surface area contributed by atoms with E-state index in [-0.39, 0.29) is 24.3 Å². The Morgan fingerprint density at radius 1 is 1.13 bits per heavy atom. The van der Waals surface area contributed by atoms with Crippen molar-refractivity contribution < 1.29 is 32.5 Å². The van der Waals surface area contributed by atoms with Crippen molar-refractivity contribution in [1.82, 2.24) is 9.38 Å². The second kappa shape index (κ2) is 10.3. The Labute approximate surface area is 191 Å². The minimum Gasteiger partial charge on any atom is -0.382 e. The van der Waals surface area contributed by atoms with Crippen molar-refractivity contribution in [2.75, 3.05) is 27.1 Å². The van der Waals surface area contributed by atoms with E-state index >= 15 is 0 Å². The molecule has 1 aromatic carbocycles. The van der Waals surface area contributed by atoms with E-state index in [1.165, 1.54) is 25.3 Å². The van der Waals surface area contributed by atoms with Crippen molar-refractivity contribution in [3.05, 3.63) is 68.7 Å². The summed E-state index contributed by atoms with van der Waals surface area (Å²) in [6.45, 7) is 1.49. The summed E-state index contributed by atoms with van der Waals surface area (Å²) in [7, 11) is 1.46. The number of hydrogen-bond acceptors (Lipinski definition) is 5. The van der Waals surface area contributed by atoms with Crippen LogP contribution in [0, 0.1) is 10.5 Å². The molecule has 168 valence electrons. The number of alkyl halides is 3. The van der Waals surface area contributed by atoms with Crippen LogP contribution in [0.5, 0.6) is 0 Å². The number of ether oxygens (including phenoxy) is 3. The number of benzene rings is 1. The Bertz CT molecular complexity index is 1030. The number of aromatic nitrogens is 2. The largest absolute Gasteiger partial charge is 0.418 e. The maximum absolute atomic E-state index is 13.8. The van der Waals surface area contributed by atoms with Gasteiger partial charge in [-0.15, -0.1) is 0 Å². The number of pyridine rings is 1. The molecule has 0 amide bonds. The Balaban J connectivity index is 1.98. The van der Waals surface area contributed by atoms with Gasteiger partial charge in [0.25, 0.3) is 0 Å². The molecule has 2 unspecified atom stereocenters. The molecule has 2 heterocycles. The Hall–Kier alpha value is -1.73. The molecule has 2 aromatic heterocycles. The zero-order valence-electron chi connectivity index (χ0n) is 16.9. The molecule has 0 bridgehead atoms. The van der Waals surface area contributed by atoms with Gasteiger partial charge in [0.1, 0.15) is 18.5 Å². The maximum atomic E-state index is 13.8. The summed E-state index contributed by atoms with van der Waals surface area (Å²) < 4.78 is 59.0. The molecule has 0 saturated heterocycles. The van der Waals surface area contributed by atoms with E-state index in [9.17, 15) is 18.3 Å². The zero-order valence-corrected chi connectivity index (χ0v) is 19.1. The van der Waals surface area contributed by atoms with Crippen molar-refractivity contribution in [2.24, 2.45) is 0 Å². The van der Waals surface area contributed by atoms with E-state index in [0.717, 1.165) is 3.57 Å². The van der Waals surface area contributed by atoms with Crippen molar-refractivity contribution in [2.45, 2.75) is 25.3 Å². The first kappa shape index (κ1) is 23.9. The van der Waals surface area contributed by atoms with E-state index in [2.05, 4.69) is 27.6 Å². The quantitative estimate of drug-likeness (QED) is 0.240. The first-order valence-electron chi connectivity index (χ1n) is 9.40. The van der Waals surface area contributed by atoms with Crippen LogP contribution >= 0.6 is 22.6 Å². The number of aliphatic hydroxyl groups excluding tert-OH is 1. The summed E-state index contributed by atoms with van der Waals surface area (Å²) in [6.07, 6.45) is -6.53. The fourth-order valence-electron chi connectivity index (χ4n) is 3.31. The number of hydrogen-bond donors (Lipinski definition) is 1. The van der Waals surface area contributed by atoms with E-state index in [1.54, 1.807) is 29.7 Å². The molecule has 0 aliphatic heterocycles. The van der Waals surface area contributed by atoms with E-state index in [1.807, 2.05) is 6.07 Å². The number of nitrogens with zero attached hydrogens (tertiary/aromatic N) is 2. The molecule has 0 saturated carbocycles. The highest BCUT2D eigenvalue weighted by atomic mass is 127. The molecule has 3 rings (SSSR count). The molecule has 10 heteroatoms. The van der Waals surface area contributed by atoms with Crippen LogP contribution in [-0.4, -0.2) is 47.8 Å². The van der Waals surface area contributed by atoms with Crippen LogP contribution in [0.4, 0.5) is 13.2 Å². The standard InChI is InChI=1S/C21H22F3IN2O4/c1-13-18(27-11-14(25)7-8-17(27)26-13)19(28)15-5-3-4-6-16(15)20(21(22,23)24)31-12-30-10-9-29-2/h3-8,11,19-20,28H,9-10,12H2,1-2H3. The summed E-state index contributed by atoms with van der Waals surface area (Å²) in [4.78, 5) is 4.42. The van der Waals surface area contributed by atoms with E-state index in [0.29, 0.717) is 17.0 Å². The van der Waals surface area contributed by atoms with Crippen molar-refractivity contribution in [3.63, 3.8) is 0 Å². The van der Waals surface area contributed by atoms with Crippen LogP contribution in [-0.2, 0) is 14.2 Å². The van der Waals surface area contributed by atoms with Gasteiger partial charge in [0.05, 0.1) is 24.6 Å². The molecule has 31 heavy (non-hydrogen) atoms. The molecule has 2 atom stereocenters. The fraction of sp³-hybridized carbons (Fsp3) is 0.381. The molecule has 3 aromatic rings. The van der Waals surface area contributed by atoms with Gasteiger partial charge < -0.3 is 19.3 Å². The van der Waals surface area contributed by atoms with Gasteiger partial charge in [0.2, 0.25) is 0 Å². The highest BCUT2D eigenvalue weighted by Crippen LogP contribution is 2.40. The van der Waals surface area contributed by atoms with Gasteiger partial charge in [-0.1, -0.05) is 24.3 Å². The smallest absolute Gasteiger partial charge is 0.382 e. The minimum atomic E-state index is -4.70. The lowest BCUT2D eigenvalue weighted by atomic mass is 9.95. The number of aliphatic hydroxyl groups is 1. The SMILES string of the molecule is COCCOCOC(c1ccccc1C(O)c1c(C)nc2ccc(I)cn12)C(F)(F)F. The van der Waals surface area contributed by atoms with Gasteiger partial charge in [-0.2, -0.15) is 13.2 Å². The summed E-state index contributed by atoms with van der Waals surface area (Å²) in [6, 6.07) is 9.46. The molecule has 6 nitrogen and oxygen atoms in total. The first-order chi connectivity index (χ1) is 14.7. The number of rotatable bonds is 9. The van der Waals surface area contributed by atoms with Crippen LogP contribution in [0.15, 0.2) is 42.6 Å². The summed E-state index contributed by atoms with van der Waals surface area (Å²) in [5.74, 6) is 0. The van der Waals surface area contributed by atoms with Gasteiger partial charge in [-0.25, -0.2) is 4.98 Å². The molecule has 0 radical (unpaired) electrons. The third-order valence-electron chi connectivity index (χ3n) is 4.68. The Morgan fingerprint density at radius 3 is 2.52 bits per heavy atom. The van der Waals surface area contributed by atoms with Crippen LogP contribution in [0.25, 0.3) is 5.65 Å². The number of halogens is 4. The predicted octanol–water partition coefficient (Wildman–Crippen LogP) is 4.57. The molecule has 0 spiro atoms. The number of aryl methyl sites for hydroxylation is 1. The lowest BCUT2D eigenvalue weighted by Gasteiger charge is -2.25. The van der Waals surface area contributed by atoms with Gasteiger partial charge in [-0.05, 0) is 52.8 Å². The third-order valence-corrected chi connectivity index (χ3v) is 5.32. The number of methoxy groups -OCH3 is 1. The van der Waals surface area contributed by atoms with Gasteiger partial charge >= 0.3 is 6.18 Å². The van der Waals surface area contributed by atoms with Crippen molar-refractivity contribution in [3.8, 4) is 0 Å². The zero-order chi connectivity index (χ0) is 22.6. The van der Waals surface area contributed by atoms with Crippen LogP contribution < -0.4 is 0 Å². The van der Waals surface area contributed by atoms with Crippen LogP contribution in [0.1, 0.15) is 34.7 Å². The lowest BCUT2D eigenvalue weighted by molar-refractivity contribution is -0.247. The Kier molecular flexibility index (Phi) is 7.92. The highest BCUT2D eigenvalue weighted by molar-refractivity contribution is 14.1. The average molecular weight is 550 g/mol. The highest BCUT2D eigenvalue weighted by Gasteiger charge is 2.44. The number of fused-ring (bicyclic) bond motifs is 1. The average Bonchev–Trinajstić information content (AvgIpc) is 3.04. The molecule has 0 aliphatic carbocycles. The van der Waals surface area contributed by atoms with Crippen LogP contribution in [0.2, 0.25) is 0 Å². The van der Waals surface area contributed by atoms with E-state index < -0.39 is 25.2 Å². The molecule has 0 aliphatic rings. The molecule has 1 N–H and O–H groups in total. The van der Waals surface area contributed by atoms with Crippen LogP contribution in [0.3, 0.4) is 0 Å². The van der Waals surface area contributed by atoms with Crippen molar-refractivity contribution >= 4 is 28.2 Å². The third kappa shape index (κ3) is 5.55. The number of imidazole rings is 1. The van der Waals surface area contributed by atoms with Crippen molar-refractivity contribution in [1.29, 1.82) is 0 Å². The first-order valence-corrected chi connectivity index (χ1v) is 10.5. The van der Waals surface area contributed by atoms with Gasteiger partial charge in [0.15, 0.2) is 6.10 Å². The molecular formula is C21H22F3IN2O4. The van der Waals surface area contributed by atoms with Gasteiger partial charge in [-0.3, -0.25) is 4.40 Å². The lowest BCUT2D eigenvalue weighted by Crippen LogP contribution is -2.26. The topological polar surface area (TPSA) is 65.2 Å². The summed E-state index contributed by atoms with van der Waals surface area (Å²) in [5.41, 5.74) is 1.43. The fourth-order valence-corrected chi connectivity index (χ4v) is 3.77. The molecular weight excluding hydrogens is 528 g/mol. The van der Waals surface area contributed by atoms with E-state index in [4.69, 9.17) is 14.2 Å². The summed E-state index contributed by atoms with van der Waals surface area (Å²) in [5, 5.41) is 11.2. The predicted molar refractivity (Wildman–Crippen MR) is 116 cm³/mol. The summed E-state index contributed by atoms with van der Waals surface area (Å²) >= 11 is 2.12. The maximum Gasteiger partial charge on any atom is 0.418 e. The Morgan fingerprint density at radius 2 is 1.84 bits per heavy atom. The normalized spacial score (nSPS) is 14.2.